The maximum absolute atomic E-state index is 12.0. The molecule has 0 aliphatic heterocycles. The summed E-state index contributed by atoms with van der Waals surface area (Å²) >= 11 is 9.97. The number of carboxylic acids is 1. The van der Waals surface area contributed by atoms with Gasteiger partial charge in [0.1, 0.15) is 6.04 Å². The molecule has 2 atom stereocenters. The number of nitrogens with one attached hydrogen (secondary N) is 1. The molecule has 7 heteroatoms. The molecule has 0 saturated heterocycles. The molecule has 0 heterocycles. The van der Waals surface area contributed by atoms with Crippen LogP contribution in [0.5, 0.6) is 0 Å². The number of halogens is 1. The predicted molar refractivity (Wildman–Crippen MR) is 85.8 cm³/mol. The monoisotopic (exact) mass is 330 g/mol. The van der Waals surface area contributed by atoms with Crippen LogP contribution in [0.2, 0.25) is 5.02 Å². The number of thiol groups is 1. The van der Waals surface area contributed by atoms with Crippen LogP contribution >= 0.6 is 24.2 Å². The van der Waals surface area contributed by atoms with Crippen LogP contribution in [0.25, 0.3) is 0 Å². The van der Waals surface area contributed by atoms with Crippen LogP contribution in [-0.4, -0.2) is 33.8 Å². The average molecular weight is 331 g/mol. The Morgan fingerprint density at radius 1 is 1.38 bits per heavy atom. The van der Waals surface area contributed by atoms with Crippen molar-refractivity contribution in [2.24, 2.45) is 5.73 Å². The van der Waals surface area contributed by atoms with Gasteiger partial charge in [-0.3, -0.25) is 4.79 Å². The van der Waals surface area contributed by atoms with Crippen LogP contribution in [-0.2, 0) is 16.0 Å². The highest BCUT2D eigenvalue weighted by Crippen LogP contribution is 2.18. The summed E-state index contributed by atoms with van der Waals surface area (Å²) in [6.07, 6.45) is 0.294. The Bertz CT molecular complexity index is 514. The number of carbonyl (C=O) groups excluding carboxylic acids is 1. The molecule has 0 spiro atoms. The van der Waals surface area contributed by atoms with E-state index in [1.807, 2.05) is 0 Å². The molecular weight excluding hydrogens is 312 g/mol. The lowest BCUT2D eigenvalue weighted by molar-refractivity contribution is -0.142. The van der Waals surface area contributed by atoms with Crippen molar-refractivity contribution in [2.75, 3.05) is 0 Å². The fourth-order valence-electron chi connectivity index (χ4n) is 1.76. The smallest absolute Gasteiger partial charge is 0.327 e. The van der Waals surface area contributed by atoms with Crippen LogP contribution in [0.1, 0.15) is 19.4 Å². The van der Waals surface area contributed by atoms with Crippen molar-refractivity contribution >= 4 is 36.1 Å². The van der Waals surface area contributed by atoms with Crippen molar-refractivity contribution in [3.8, 4) is 0 Å². The molecular formula is C14H19ClN2O3S. The number of amides is 1. The summed E-state index contributed by atoms with van der Waals surface area (Å²) in [7, 11) is 0. The Morgan fingerprint density at radius 2 is 1.90 bits per heavy atom. The van der Waals surface area contributed by atoms with E-state index in [0.717, 1.165) is 5.56 Å². The third-order valence-corrected chi connectivity index (χ3v) is 3.46. The molecule has 116 valence electrons. The molecule has 0 unspecified atom stereocenters. The zero-order chi connectivity index (χ0) is 16.2. The van der Waals surface area contributed by atoms with Crippen molar-refractivity contribution < 1.29 is 14.7 Å². The lowest BCUT2D eigenvalue weighted by atomic mass is 10.0. The van der Waals surface area contributed by atoms with E-state index in [2.05, 4.69) is 17.9 Å². The molecule has 0 fully saturated rings. The number of carboxylic acid groups (broad SMARTS) is 1. The number of aliphatic carboxylic acids is 1. The summed E-state index contributed by atoms with van der Waals surface area (Å²) in [5, 5.41) is 12.2. The highest BCUT2D eigenvalue weighted by Gasteiger charge is 2.34. The highest BCUT2D eigenvalue weighted by molar-refractivity contribution is 7.81. The standard InChI is InChI=1S/C14H19ClN2O3S/c1-14(2,21)11(13(19)20)17-12(18)10(16)7-8-3-5-9(15)6-4-8/h3-6,10-11,21H,7,16H2,1-2H3,(H,17,18)(H,19,20)/t10-,11+/m1/s1. The molecule has 1 amide bonds. The summed E-state index contributed by atoms with van der Waals surface area (Å²) < 4.78 is -0.901. The van der Waals surface area contributed by atoms with E-state index >= 15 is 0 Å². The number of rotatable bonds is 6. The van der Waals surface area contributed by atoms with Crippen molar-refractivity contribution in [3.05, 3.63) is 34.9 Å². The summed E-state index contributed by atoms with van der Waals surface area (Å²) in [6, 6.07) is 4.99. The molecule has 0 aliphatic carbocycles. The topological polar surface area (TPSA) is 92.4 Å². The van der Waals surface area contributed by atoms with Gasteiger partial charge in [0, 0.05) is 9.77 Å². The average Bonchev–Trinajstić information content (AvgIpc) is 2.36. The molecule has 4 N–H and O–H groups in total. The van der Waals surface area contributed by atoms with Crippen LogP contribution in [0, 0.1) is 0 Å². The zero-order valence-electron chi connectivity index (χ0n) is 11.8. The van der Waals surface area contributed by atoms with Gasteiger partial charge in [-0.15, -0.1) is 0 Å². The van der Waals surface area contributed by atoms with Crippen molar-refractivity contribution in [2.45, 2.75) is 37.1 Å². The summed E-state index contributed by atoms with van der Waals surface area (Å²) in [5.41, 5.74) is 6.66. The maximum atomic E-state index is 12.0. The number of hydrogen-bond acceptors (Lipinski definition) is 4. The minimum Gasteiger partial charge on any atom is -0.480 e. The lowest BCUT2D eigenvalue weighted by Crippen LogP contribution is -2.55. The Hall–Kier alpha value is -1.24. The van der Waals surface area contributed by atoms with Gasteiger partial charge in [0.05, 0.1) is 6.04 Å². The molecule has 21 heavy (non-hydrogen) atoms. The number of benzene rings is 1. The van der Waals surface area contributed by atoms with Gasteiger partial charge in [0.15, 0.2) is 0 Å². The van der Waals surface area contributed by atoms with Crippen LogP contribution in [0.15, 0.2) is 24.3 Å². The second-order valence-corrected chi connectivity index (χ2v) is 6.96. The first kappa shape index (κ1) is 17.8. The predicted octanol–water partition coefficient (Wildman–Crippen LogP) is 1.49. The molecule has 5 nitrogen and oxygen atoms in total. The number of carbonyl (C=O) groups is 2. The van der Waals surface area contributed by atoms with Gasteiger partial charge in [-0.1, -0.05) is 23.7 Å². The minimum absolute atomic E-state index is 0.294. The van der Waals surface area contributed by atoms with Crippen LogP contribution < -0.4 is 11.1 Å². The first-order valence-electron chi connectivity index (χ1n) is 6.37. The Kier molecular flexibility index (Phi) is 6.07. The molecule has 1 aromatic carbocycles. The number of hydrogen-bond donors (Lipinski definition) is 4. The van der Waals surface area contributed by atoms with Gasteiger partial charge in [-0.05, 0) is 38.0 Å². The number of nitrogens with two attached hydrogens (primary N) is 1. The van der Waals surface area contributed by atoms with Gasteiger partial charge in [0.25, 0.3) is 0 Å². The van der Waals surface area contributed by atoms with Gasteiger partial charge in [0.2, 0.25) is 5.91 Å². The van der Waals surface area contributed by atoms with Gasteiger partial charge in [-0.25, -0.2) is 4.79 Å². The largest absolute Gasteiger partial charge is 0.480 e. The van der Waals surface area contributed by atoms with E-state index in [4.69, 9.17) is 22.4 Å². The third kappa shape index (κ3) is 5.57. The minimum atomic E-state index is -1.15. The molecule has 1 rings (SSSR count). The maximum Gasteiger partial charge on any atom is 0.327 e. The highest BCUT2D eigenvalue weighted by atomic mass is 35.5. The fourth-order valence-corrected chi connectivity index (χ4v) is 2.06. The third-order valence-electron chi connectivity index (χ3n) is 2.95. The van der Waals surface area contributed by atoms with E-state index in [9.17, 15) is 9.59 Å². The first-order chi connectivity index (χ1) is 9.61. The molecule has 1 aromatic rings. The van der Waals surface area contributed by atoms with Crippen LogP contribution in [0.4, 0.5) is 0 Å². The van der Waals surface area contributed by atoms with Crippen molar-refractivity contribution in [3.63, 3.8) is 0 Å². The molecule has 0 aliphatic rings. The molecule has 0 aromatic heterocycles. The normalized spacial score (nSPS) is 14.3. The SMILES string of the molecule is CC(C)(S)[C@@H](NC(=O)[C@H](N)Cc1ccc(Cl)cc1)C(=O)O. The fraction of sp³-hybridized carbons (Fsp3) is 0.429. The second kappa shape index (κ2) is 7.15. The Labute approximate surface area is 134 Å². The Morgan fingerprint density at radius 3 is 2.33 bits per heavy atom. The van der Waals surface area contributed by atoms with E-state index in [0.29, 0.717) is 11.4 Å². The van der Waals surface area contributed by atoms with Crippen molar-refractivity contribution in [1.82, 2.24) is 5.32 Å². The van der Waals surface area contributed by atoms with E-state index < -0.39 is 28.7 Å². The zero-order valence-corrected chi connectivity index (χ0v) is 13.5. The second-order valence-electron chi connectivity index (χ2n) is 5.37. The summed E-state index contributed by atoms with van der Waals surface area (Å²) in [4.78, 5) is 23.2. The van der Waals surface area contributed by atoms with Gasteiger partial charge < -0.3 is 16.2 Å². The van der Waals surface area contributed by atoms with Gasteiger partial charge >= 0.3 is 5.97 Å². The van der Waals surface area contributed by atoms with Gasteiger partial charge in [-0.2, -0.15) is 12.6 Å². The summed E-state index contributed by atoms with van der Waals surface area (Å²) in [5.74, 6) is -1.68. The molecule has 0 bridgehead atoms. The van der Waals surface area contributed by atoms with Crippen molar-refractivity contribution in [1.29, 1.82) is 0 Å². The Balaban J connectivity index is 2.69. The molecule has 0 saturated carbocycles. The van der Waals surface area contributed by atoms with E-state index in [1.54, 1.807) is 38.1 Å². The first-order valence-corrected chi connectivity index (χ1v) is 7.19. The van der Waals surface area contributed by atoms with Crippen LogP contribution in [0.3, 0.4) is 0 Å². The quantitative estimate of drug-likeness (QED) is 0.595. The van der Waals surface area contributed by atoms with E-state index in [1.165, 1.54) is 0 Å². The van der Waals surface area contributed by atoms with E-state index in [-0.39, 0.29) is 0 Å². The molecule has 0 radical (unpaired) electrons. The summed E-state index contributed by atoms with van der Waals surface area (Å²) in [6.45, 7) is 3.22. The lowest BCUT2D eigenvalue weighted by Gasteiger charge is -2.28.